The van der Waals surface area contributed by atoms with Gasteiger partial charge in [0.05, 0.1) is 27.7 Å². The molecule has 1 N–H and O–H groups in total. The zero-order valence-electron chi connectivity index (χ0n) is 14.8. The molecule has 6 nitrogen and oxygen atoms in total. The van der Waals surface area contributed by atoms with E-state index in [0.29, 0.717) is 24.1 Å². The Bertz CT molecular complexity index is 307. The van der Waals surface area contributed by atoms with E-state index >= 15 is 0 Å². The van der Waals surface area contributed by atoms with Crippen LogP contribution in [0.1, 0.15) is 45.4 Å². The minimum absolute atomic E-state index is 0.206. The first-order chi connectivity index (χ1) is 10.3. The molecule has 0 bridgehead atoms. The Morgan fingerprint density at radius 1 is 0.864 bits per heavy atom. The minimum atomic E-state index is -3.90. The number of quaternary nitrogens is 1. The summed E-state index contributed by atoms with van der Waals surface area (Å²) >= 11 is 0. The van der Waals surface area contributed by atoms with Crippen LogP contribution in [0.5, 0.6) is 0 Å². The highest BCUT2D eigenvalue weighted by molar-refractivity contribution is 7.47. The van der Waals surface area contributed by atoms with E-state index in [-0.39, 0.29) is 13.2 Å². The maximum absolute atomic E-state index is 11.6. The third kappa shape index (κ3) is 16.4. The molecule has 134 valence electrons. The molecule has 0 aromatic carbocycles. The van der Waals surface area contributed by atoms with E-state index in [9.17, 15) is 9.46 Å². The molecule has 0 rings (SSSR count). The second-order valence-electron chi connectivity index (χ2n) is 6.53. The normalized spacial score (nSPS) is 15.0. The summed E-state index contributed by atoms with van der Waals surface area (Å²) in [5, 5.41) is 0. The highest BCUT2D eigenvalue weighted by Gasteiger charge is 2.21. The average Bonchev–Trinajstić information content (AvgIpc) is 2.39. The highest BCUT2D eigenvalue weighted by Crippen LogP contribution is 2.43. The third-order valence-electron chi connectivity index (χ3n) is 3.10. The molecule has 0 aliphatic rings. The second kappa shape index (κ2) is 12.5. The smallest absolute Gasteiger partial charge is 0.381 e. The molecule has 0 spiro atoms. The summed E-state index contributed by atoms with van der Waals surface area (Å²) in [7, 11) is 2.08. The van der Waals surface area contributed by atoms with Crippen LogP contribution < -0.4 is 0 Å². The Labute approximate surface area is 136 Å². The van der Waals surface area contributed by atoms with Crippen LogP contribution in [-0.4, -0.2) is 63.5 Å². The van der Waals surface area contributed by atoms with Gasteiger partial charge in [0.15, 0.2) is 0 Å². The SMILES string of the molecule is CCCCCCOCCCCOP(=O)(O)OCC[N+](C)(C)C. The minimum Gasteiger partial charge on any atom is -0.381 e. The molecule has 0 saturated heterocycles. The lowest BCUT2D eigenvalue weighted by Gasteiger charge is -2.24. The second-order valence-corrected chi connectivity index (χ2v) is 7.98. The van der Waals surface area contributed by atoms with E-state index in [4.69, 9.17) is 13.8 Å². The van der Waals surface area contributed by atoms with Crippen LogP contribution in [0, 0.1) is 0 Å². The van der Waals surface area contributed by atoms with Gasteiger partial charge in [-0.05, 0) is 19.3 Å². The van der Waals surface area contributed by atoms with Gasteiger partial charge in [0, 0.05) is 13.2 Å². The van der Waals surface area contributed by atoms with Crippen molar-refractivity contribution in [3.63, 3.8) is 0 Å². The lowest BCUT2D eigenvalue weighted by atomic mass is 10.2. The van der Waals surface area contributed by atoms with Crippen molar-refractivity contribution in [1.82, 2.24) is 0 Å². The fourth-order valence-corrected chi connectivity index (χ4v) is 2.43. The predicted octanol–water partition coefficient (Wildman–Crippen LogP) is 3.20. The summed E-state index contributed by atoms with van der Waals surface area (Å²) in [5.74, 6) is 0. The van der Waals surface area contributed by atoms with E-state index in [1.165, 1.54) is 19.3 Å². The summed E-state index contributed by atoms with van der Waals surface area (Å²) < 4.78 is 27.6. The molecule has 1 atom stereocenters. The first-order valence-electron chi connectivity index (χ1n) is 8.27. The van der Waals surface area contributed by atoms with Gasteiger partial charge in [0.2, 0.25) is 0 Å². The Kier molecular flexibility index (Phi) is 12.5. The van der Waals surface area contributed by atoms with E-state index in [2.05, 4.69) is 6.92 Å². The quantitative estimate of drug-likeness (QED) is 0.282. The molecule has 0 aromatic heterocycles. The summed E-state index contributed by atoms with van der Waals surface area (Å²) in [6.45, 7) is 4.74. The molecule has 0 fully saturated rings. The first kappa shape index (κ1) is 22.0. The largest absolute Gasteiger partial charge is 0.472 e. The van der Waals surface area contributed by atoms with Crippen LogP contribution in [0.15, 0.2) is 0 Å². The molecule has 0 amide bonds. The van der Waals surface area contributed by atoms with Gasteiger partial charge in [-0.1, -0.05) is 26.2 Å². The summed E-state index contributed by atoms with van der Waals surface area (Å²) in [4.78, 5) is 9.51. The Morgan fingerprint density at radius 2 is 1.41 bits per heavy atom. The molecule has 0 aliphatic carbocycles. The zero-order chi connectivity index (χ0) is 16.9. The Hall–Kier alpha value is 0.0300. The van der Waals surface area contributed by atoms with Crippen molar-refractivity contribution in [2.45, 2.75) is 45.4 Å². The van der Waals surface area contributed by atoms with Gasteiger partial charge in [-0.3, -0.25) is 9.05 Å². The lowest BCUT2D eigenvalue weighted by Crippen LogP contribution is -2.37. The van der Waals surface area contributed by atoms with Crippen molar-refractivity contribution in [1.29, 1.82) is 0 Å². The van der Waals surface area contributed by atoms with Crippen molar-refractivity contribution in [2.24, 2.45) is 0 Å². The topological polar surface area (TPSA) is 65.0 Å². The molecule has 0 aliphatic heterocycles. The number of rotatable bonds is 15. The van der Waals surface area contributed by atoms with Crippen molar-refractivity contribution in [3.05, 3.63) is 0 Å². The molecular weight excluding hydrogens is 305 g/mol. The predicted molar refractivity (Wildman–Crippen MR) is 88.8 cm³/mol. The third-order valence-corrected chi connectivity index (χ3v) is 4.11. The van der Waals surface area contributed by atoms with Crippen molar-refractivity contribution < 1.29 is 27.7 Å². The molecule has 1 unspecified atom stereocenters. The van der Waals surface area contributed by atoms with Gasteiger partial charge in [0.1, 0.15) is 13.2 Å². The standard InChI is InChI=1S/C15H34NO5P/c1-5-6-7-8-12-19-13-9-10-14-20-22(17,18)21-15-11-16(2,3)4/h5-15H2,1-4H3/p+1. The molecule has 0 heterocycles. The van der Waals surface area contributed by atoms with Crippen LogP contribution in [0.2, 0.25) is 0 Å². The Balaban J connectivity index is 3.43. The first-order valence-corrected chi connectivity index (χ1v) is 9.76. The number of hydrogen-bond acceptors (Lipinski definition) is 4. The number of unbranched alkanes of at least 4 members (excludes halogenated alkanes) is 4. The van der Waals surface area contributed by atoms with E-state index in [0.717, 1.165) is 19.4 Å². The fourth-order valence-electron chi connectivity index (χ4n) is 1.69. The summed E-state index contributed by atoms with van der Waals surface area (Å²) in [6, 6.07) is 0. The van der Waals surface area contributed by atoms with E-state index in [1.54, 1.807) is 0 Å². The van der Waals surface area contributed by atoms with E-state index < -0.39 is 7.82 Å². The van der Waals surface area contributed by atoms with Gasteiger partial charge in [-0.15, -0.1) is 0 Å². The lowest BCUT2D eigenvalue weighted by molar-refractivity contribution is -0.870. The maximum Gasteiger partial charge on any atom is 0.472 e. The summed E-state index contributed by atoms with van der Waals surface area (Å²) in [6.07, 6.45) is 6.34. The van der Waals surface area contributed by atoms with Crippen LogP contribution in [0.4, 0.5) is 0 Å². The van der Waals surface area contributed by atoms with Gasteiger partial charge in [-0.2, -0.15) is 0 Å². The molecule has 0 saturated carbocycles. The number of likely N-dealkylation sites (N-methyl/N-ethyl adjacent to an activating group) is 1. The van der Waals surface area contributed by atoms with Crippen molar-refractivity contribution >= 4 is 7.82 Å². The van der Waals surface area contributed by atoms with E-state index in [1.807, 2.05) is 21.1 Å². The molecule has 22 heavy (non-hydrogen) atoms. The number of ether oxygens (including phenoxy) is 1. The van der Waals surface area contributed by atoms with Gasteiger partial charge in [-0.25, -0.2) is 4.57 Å². The molecule has 7 heteroatoms. The van der Waals surface area contributed by atoms with Gasteiger partial charge in [0.25, 0.3) is 0 Å². The van der Waals surface area contributed by atoms with Crippen molar-refractivity contribution in [2.75, 3.05) is 54.1 Å². The average molecular weight is 340 g/mol. The van der Waals surface area contributed by atoms with Crippen molar-refractivity contribution in [3.8, 4) is 0 Å². The fraction of sp³-hybridized carbons (Fsp3) is 1.00. The number of phosphoric ester groups is 1. The zero-order valence-corrected chi connectivity index (χ0v) is 15.6. The maximum atomic E-state index is 11.6. The molecular formula is C15H35NO5P+. The molecule has 0 radical (unpaired) electrons. The Morgan fingerprint density at radius 3 is 2.00 bits per heavy atom. The highest BCUT2D eigenvalue weighted by atomic mass is 31.2. The van der Waals surface area contributed by atoms with Gasteiger partial charge < -0.3 is 14.1 Å². The van der Waals surface area contributed by atoms with Crippen LogP contribution in [0.3, 0.4) is 0 Å². The molecule has 0 aromatic rings. The number of phosphoric acid groups is 1. The van der Waals surface area contributed by atoms with Crippen LogP contribution >= 0.6 is 7.82 Å². The summed E-state index contributed by atoms with van der Waals surface area (Å²) in [5.41, 5.74) is 0. The number of nitrogens with zero attached hydrogens (tertiary/aromatic N) is 1. The van der Waals surface area contributed by atoms with Crippen LogP contribution in [0.25, 0.3) is 0 Å². The van der Waals surface area contributed by atoms with Crippen LogP contribution in [-0.2, 0) is 18.3 Å². The monoisotopic (exact) mass is 340 g/mol. The van der Waals surface area contributed by atoms with Gasteiger partial charge >= 0.3 is 7.82 Å². The number of hydrogen-bond donors (Lipinski definition) is 1.